The molecule has 0 aliphatic heterocycles. The van der Waals surface area contributed by atoms with Crippen LogP contribution in [0.3, 0.4) is 0 Å². The summed E-state index contributed by atoms with van der Waals surface area (Å²) in [5, 5.41) is 8.95. The molecule has 0 bridgehead atoms. The Labute approximate surface area is 119 Å². The Kier molecular flexibility index (Phi) is 5.55. The Balaban J connectivity index is 2.82. The maximum absolute atomic E-state index is 12.4. The summed E-state index contributed by atoms with van der Waals surface area (Å²) in [4.78, 5) is 26.4. The minimum atomic E-state index is -0.894. The van der Waals surface area contributed by atoms with Gasteiger partial charge in [-0.1, -0.05) is 19.1 Å². The highest BCUT2D eigenvalue weighted by atomic mass is 16.4. The van der Waals surface area contributed by atoms with Gasteiger partial charge in [0.25, 0.3) is 0 Å². The van der Waals surface area contributed by atoms with Crippen LogP contribution in [0.1, 0.15) is 19.4 Å². The number of hydrogen-bond acceptors (Lipinski definition) is 2. The summed E-state index contributed by atoms with van der Waals surface area (Å²) in [5.74, 6) is -1.47. The van der Waals surface area contributed by atoms with Gasteiger partial charge in [-0.2, -0.15) is 0 Å². The average molecular weight is 278 g/mol. The minimum absolute atomic E-state index is 0.189. The molecule has 0 fully saturated rings. The molecule has 0 aromatic heterocycles. The molecule has 0 saturated heterocycles. The number of carbonyl (C=O) groups excluding carboxylic acids is 1. The molecule has 1 N–H and O–H groups in total. The fourth-order valence-corrected chi connectivity index (χ4v) is 1.91. The third-order valence-electron chi connectivity index (χ3n) is 3.24. The predicted molar refractivity (Wildman–Crippen MR) is 79.0 cm³/mol. The van der Waals surface area contributed by atoms with Crippen molar-refractivity contribution in [2.45, 2.75) is 20.8 Å². The van der Waals surface area contributed by atoms with Gasteiger partial charge >= 0.3 is 12.0 Å². The van der Waals surface area contributed by atoms with E-state index in [2.05, 4.69) is 0 Å². The maximum atomic E-state index is 12.4. The summed E-state index contributed by atoms with van der Waals surface area (Å²) < 4.78 is 0. The summed E-state index contributed by atoms with van der Waals surface area (Å²) in [6.45, 7) is 6.10. The first-order valence-corrected chi connectivity index (χ1v) is 6.69. The molecular weight excluding hydrogens is 256 g/mol. The largest absolute Gasteiger partial charge is 0.481 e. The van der Waals surface area contributed by atoms with E-state index in [1.54, 1.807) is 23.8 Å². The molecule has 1 aromatic rings. The van der Waals surface area contributed by atoms with E-state index in [9.17, 15) is 9.59 Å². The van der Waals surface area contributed by atoms with Crippen molar-refractivity contribution >= 4 is 17.7 Å². The van der Waals surface area contributed by atoms with Crippen molar-refractivity contribution in [3.63, 3.8) is 0 Å². The number of urea groups is 1. The first-order chi connectivity index (χ1) is 9.36. The topological polar surface area (TPSA) is 60.9 Å². The average Bonchev–Trinajstić information content (AvgIpc) is 2.42. The Hall–Kier alpha value is -2.04. The van der Waals surface area contributed by atoms with Crippen molar-refractivity contribution in [1.82, 2.24) is 4.90 Å². The molecule has 20 heavy (non-hydrogen) atoms. The summed E-state index contributed by atoms with van der Waals surface area (Å²) in [7, 11) is 1.70. The number of rotatable bonds is 5. The molecule has 0 aliphatic carbocycles. The smallest absolute Gasteiger partial charge is 0.324 e. The second-order valence-electron chi connectivity index (χ2n) is 4.96. The number of carboxylic acid groups (broad SMARTS) is 1. The molecule has 1 atom stereocenters. The van der Waals surface area contributed by atoms with Crippen molar-refractivity contribution in [3.8, 4) is 0 Å². The van der Waals surface area contributed by atoms with E-state index in [1.807, 2.05) is 38.1 Å². The zero-order valence-corrected chi connectivity index (χ0v) is 12.5. The Bertz CT molecular complexity index is 488. The molecular formula is C15H22N2O3. The van der Waals surface area contributed by atoms with Gasteiger partial charge in [0.2, 0.25) is 0 Å². The van der Waals surface area contributed by atoms with Gasteiger partial charge in [-0.3, -0.25) is 9.69 Å². The van der Waals surface area contributed by atoms with Crippen LogP contribution < -0.4 is 4.90 Å². The fourth-order valence-electron chi connectivity index (χ4n) is 1.91. The molecule has 0 radical (unpaired) electrons. The highest BCUT2D eigenvalue weighted by Crippen LogP contribution is 2.16. The molecule has 1 rings (SSSR count). The first-order valence-electron chi connectivity index (χ1n) is 6.69. The molecule has 5 heteroatoms. The van der Waals surface area contributed by atoms with Crippen LogP contribution in [0.5, 0.6) is 0 Å². The number of anilines is 1. The molecule has 1 aromatic carbocycles. The number of carbonyl (C=O) groups is 2. The third-order valence-corrected chi connectivity index (χ3v) is 3.24. The van der Waals surface area contributed by atoms with Crippen molar-refractivity contribution in [3.05, 3.63) is 29.8 Å². The molecule has 0 aliphatic rings. The number of amides is 2. The van der Waals surface area contributed by atoms with Crippen LogP contribution >= 0.6 is 0 Å². The molecule has 5 nitrogen and oxygen atoms in total. The van der Waals surface area contributed by atoms with Crippen LogP contribution in [-0.4, -0.2) is 42.1 Å². The van der Waals surface area contributed by atoms with E-state index >= 15 is 0 Å². The van der Waals surface area contributed by atoms with Crippen LogP contribution in [0.2, 0.25) is 0 Å². The lowest BCUT2D eigenvalue weighted by molar-refractivity contribution is -0.141. The van der Waals surface area contributed by atoms with E-state index < -0.39 is 11.9 Å². The van der Waals surface area contributed by atoms with E-state index in [4.69, 9.17) is 5.11 Å². The quantitative estimate of drug-likeness (QED) is 0.900. The number of carboxylic acids is 1. The number of benzene rings is 1. The van der Waals surface area contributed by atoms with Gasteiger partial charge in [0.15, 0.2) is 0 Å². The molecule has 1 unspecified atom stereocenters. The van der Waals surface area contributed by atoms with Crippen molar-refractivity contribution in [2.24, 2.45) is 5.92 Å². The van der Waals surface area contributed by atoms with Gasteiger partial charge in [-0.25, -0.2) is 4.79 Å². The molecule has 110 valence electrons. The van der Waals surface area contributed by atoms with Crippen LogP contribution in [-0.2, 0) is 4.79 Å². The molecule has 0 heterocycles. The lowest BCUT2D eigenvalue weighted by Crippen LogP contribution is -2.44. The van der Waals surface area contributed by atoms with Gasteiger partial charge in [0.1, 0.15) is 0 Å². The van der Waals surface area contributed by atoms with Crippen molar-refractivity contribution in [1.29, 1.82) is 0 Å². The SMILES string of the molecule is CCN(CC(C)C(=O)O)C(=O)N(C)c1cccc(C)c1. The van der Waals surface area contributed by atoms with Gasteiger partial charge in [-0.05, 0) is 31.5 Å². The van der Waals surface area contributed by atoms with Crippen LogP contribution in [0.25, 0.3) is 0 Å². The van der Waals surface area contributed by atoms with Gasteiger partial charge < -0.3 is 10.0 Å². The van der Waals surface area contributed by atoms with Crippen LogP contribution in [0.15, 0.2) is 24.3 Å². The second kappa shape index (κ2) is 6.93. The molecule has 0 saturated carbocycles. The van der Waals surface area contributed by atoms with Crippen molar-refractivity contribution < 1.29 is 14.7 Å². The van der Waals surface area contributed by atoms with E-state index in [0.29, 0.717) is 6.54 Å². The Morgan fingerprint density at radius 1 is 1.35 bits per heavy atom. The highest BCUT2D eigenvalue weighted by Gasteiger charge is 2.22. The number of aryl methyl sites for hydroxylation is 1. The van der Waals surface area contributed by atoms with Gasteiger partial charge in [0, 0.05) is 25.8 Å². The maximum Gasteiger partial charge on any atom is 0.324 e. The van der Waals surface area contributed by atoms with Crippen LogP contribution in [0.4, 0.5) is 10.5 Å². The van der Waals surface area contributed by atoms with Gasteiger partial charge in [-0.15, -0.1) is 0 Å². The summed E-state index contributed by atoms with van der Waals surface area (Å²) in [5.41, 5.74) is 1.88. The summed E-state index contributed by atoms with van der Waals surface area (Å²) >= 11 is 0. The fraction of sp³-hybridized carbons (Fsp3) is 0.467. The predicted octanol–water partition coefficient (Wildman–Crippen LogP) is 2.59. The third kappa shape index (κ3) is 3.98. The van der Waals surface area contributed by atoms with E-state index in [1.165, 1.54) is 0 Å². The van der Waals surface area contributed by atoms with E-state index in [-0.39, 0.29) is 12.6 Å². The summed E-state index contributed by atoms with van der Waals surface area (Å²) in [6, 6.07) is 7.45. The lowest BCUT2D eigenvalue weighted by atomic mass is 10.1. The van der Waals surface area contributed by atoms with E-state index in [0.717, 1.165) is 11.3 Å². The molecule has 0 spiro atoms. The highest BCUT2D eigenvalue weighted by molar-refractivity contribution is 5.91. The second-order valence-corrected chi connectivity index (χ2v) is 4.96. The number of hydrogen-bond donors (Lipinski definition) is 1. The normalized spacial score (nSPS) is 11.8. The number of aliphatic carboxylic acids is 1. The minimum Gasteiger partial charge on any atom is -0.481 e. The van der Waals surface area contributed by atoms with Crippen LogP contribution in [0, 0.1) is 12.8 Å². The van der Waals surface area contributed by atoms with Crippen molar-refractivity contribution in [2.75, 3.05) is 25.0 Å². The standard InChI is InChI=1S/C15H22N2O3/c1-5-17(10-12(3)14(18)19)15(20)16(4)13-8-6-7-11(2)9-13/h6-9,12H,5,10H2,1-4H3,(H,18,19). The summed E-state index contributed by atoms with van der Waals surface area (Å²) in [6.07, 6.45) is 0. The Morgan fingerprint density at radius 2 is 2.00 bits per heavy atom. The first kappa shape index (κ1) is 16.0. The Morgan fingerprint density at radius 3 is 2.50 bits per heavy atom. The lowest BCUT2D eigenvalue weighted by Gasteiger charge is -2.28. The van der Waals surface area contributed by atoms with Gasteiger partial charge in [0.05, 0.1) is 5.92 Å². The monoisotopic (exact) mass is 278 g/mol. The molecule has 2 amide bonds. The zero-order valence-electron chi connectivity index (χ0n) is 12.5. The zero-order chi connectivity index (χ0) is 15.3. The number of nitrogens with zero attached hydrogens (tertiary/aromatic N) is 2.